The molecule has 132 valence electrons. The van der Waals surface area contributed by atoms with Gasteiger partial charge in [0.2, 0.25) is 5.82 Å². The van der Waals surface area contributed by atoms with Gasteiger partial charge in [0, 0.05) is 12.1 Å². The van der Waals surface area contributed by atoms with Crippen LogP contribution in [0.4, 0.5) is 4.79 Å². The first-order valence-electron chi connectivity index (χ1n) is 7.74. The lowest BCUT2D eigenvalue weighted by atomic mass is 10.1. The van der Waals surface area contributed by atoms with Gasteiger partial charge in [-0.05, 0) is 32.4 Å². The topological polar surface area (TPSA) is 97.6 Å². The number of ether oxygens (including phenoxy) is 1. The van der Waals surface area contributed by atoms with E-state index in [-0.39, 0.29) is 25.1 Å². The van der Waals surface area contributed by atoms with Crippen molar-refractivity contribution in [3.05, 3.63) is 29.3 Å². The fourth-order valence-corrected chi connectivity index (χ4v) is 2.64. The van der Waals surface area contributed by atoms with Crippen LogP contribution in [0.15, 0.2) is 28.8 Å². The van der Waals surface area contributed by atoms with Crippen molar-refractivity contribution in [2.24, 2.45) is 0 Å². The highest BCUT2D eigenvalue weighted by Gasteiger charge is 2.43. The fraction of sp³-hybridized carbons (Fsp3) is 0.375. The summed E-state index contributed by atoms with van der Waals surface area (Å²) in [4.78, 5) is 29.1. The number of amides is 3. The first kappa shape index (κ1) is 17.2. The first-order chi connectivity index (χ1) is 11.9. The maximum atomic E-state index is 12.0. The Morgan fingerprint density at radius 2 is 2.08 bits per heavy atom. The molecule has 0 atom stereocenters. The molecule has 1 aromatic heterocycles. The quantitative estimate of drug-likeness (QED) is 0.624. The second-order valence-electron chi connectivity index (χ2n) is 6.08. The Balaban J connectivity index is 1.51. The summed E-state index contributed by atoms with van der Waals surface area (Å²) < 4.78 is 10.4. The van der Waals surface area contributed by atoms with E-state index in [9.17, 15) is 9.59 Å². The molecular weight excluding hydrogens is 348 g/mol. The summed E-state index contributed by atoms with van der Waals surface area (Å²) in [7, 11) is 0. The Morgan fingerprint density at radius 1 is 1.32 bits per heavy atom. The molecule has 1 aromatic carbocycles. The normalized spacial score (nSPS) is 16.2. The van der Waals surface area contributed by atoms with Gasteiger partial charge in [0.05, 0.1) is 11.6 Å². The summed E-state index contributed by atoms with van der Waals surface area (Å²) in [6.07, 6.45) is 0.450. The second kappa shape index (κ2) is 6.72. The number of nitrogens with one attached hydrogen (secondary N) is 1. The van der Waals surface area contributed by atoms with Gasteiger partial charge in [-0.15, -0.1) is 0 Å². The number of carbonyl (C=O) groups excluding carboxylic acids is 2. The van der Waals surface area contributed by atoms with E-state index in [1.165, 1.54) is 4.90 Å². The van der Waals surface area contributed by atoms with Crippen molar-refractivity contribution in [3.63, 3.8) is 0 Å². The van der Waals surface area contributed by atoms with E-state index >= 15 is 0 Å². The Hall–Kier alpha value is -2.61. The Morgan fingerprint density at radius 3 is 2.76 bits per heavy atom. The van der Waals surface area contributed by atoms with Gasteiger partial charge >= 0.3 is 12.1 Å². The monoisotopic (exact) mass is 364 g/mol. The average molecular weight is 365 g/mol. The minimum atomic E-state index is -0.867. The van der Waals surface area contributed by atoms with Crippen LogP contribution in [0, 0.1) is 0 Å². The molecule has 0 saturated carbocycles. The number of imide groups is 1. The molecule has 1 saturated heterocycles. The van der Waals surface area contributed by atoms with Gasteiger partial charge in [-0.3, -0.25) is 14.2 Å². The van der Waals surface area contributed by atoms with Gasteiger partial charge in [-0.25, -0.2) is 4.79 Å². The van der Waals surface area contributed by atoms with E-state index in [1.54, 1.807) is 32.0 Å². The minimum Gasteiger partial charge on any atom is -0.449 e. The number of aromatic nitrogens is 2. The average Bonchev–Trinajstić information content (AvgIpc) is 3.09. The van der Waals surface area contributed by atoms with Gasteiger partial charge < -0.3 is 10.1 Å². The number of hydrogen-bond acceptors (Lipinski definition) is 6. The highest BCUT2D eigenvalue weighted by Crippen LogP contribution is 2.26. The molecule has 25 heavy (non-hydrogen) atoms. The molecular formula is C16H17ClN4O4. The molecule has 3 amide bonds. The Bertz CT molecular complexity index is 805. The molecule has 0 bridgehead atoms. The van der Waals surface area contributed by atoms with Crippen LogP contribution in [-0.4, -0.2) is 45.7 Å². The van der Waals surface area contributed by atoms with E-state index in [4.69, 9.17) is 20.9 Å². The van der Waals surface area contributed by atoms with Gasteiger partial charge in [0.15, 0.2) is 0 Å². The van der Waals surface area contributed by atoms with Crippen LogP contribution < -0.4 is 10.1 Å². The number of halogens is 1. The second-order valence-corrected chi connectivity index (χ2v) is 6.48. The Kier molecular flexibility index (Phi) is 4.63. The smallest absolute Gasteiger partial charge is 0.417 e. The predicted octanol–water partition coefficient (Wildman–Crippen LogP) is 2.49. The largest absolute Gasteiger partial charge is 0.449 e. The van der Waals surface area contributed by atoms with Gasteiger partial charge in [-0.2, -0.15) is 4.98 Å². The van der Waals surface area contributed by atoms with Crippen molar-refractivity contribution in [1.82, 2.24) is 20.4 Å². The molecule has 3 rings (SSSR count). The lowest BCUT2D eigenvalue weighted by Crippen LogP contribution is -2.40. The molecule has 1 aliphatic rings. The van der Waals surface area contributed by atoms with Crippen LogP contribution in [0.1, 0.15) is 20.3 Å². The molecule has 9 heteroatoms. The molecule has 0 spiro atoms. The number of carbonyl (C=O) groups is 2. The minimum absolute atomic E-state index is 0.00690. The van der Waals surface area contributed by atoms with Crippen LogP contribution in [0.3, 0.4) is 0 Å². The molecule has 1 aliphatic heterocycles. The van der Waals surface area contributed by atoms with Crippen LogP contribution >= 0.6 is 11.6 Å². The van der Waals surface area contributed by atoms with Crippen molar-refractivity contribution in [1.29, 1.82) is 0 Å². The molecule has 0 radical (unpaired) electrons. The maximum absolute atomic E-state index is 12.0. The van der Waals surface area contributed by atoms with E-state index in [0.29, 0.717) is 22.8 Å². The van der Waals surface area contributed by atoms with E-state index in [2.05, 4.69) is 15.5 Å². The molecule has 2 heterocycles. The van der Waals surface area contributed by atoms with Gasteiger partial charge in [0.1, 0.15) is 5.54 Å². The fourth-order valence-electron chi connectivity index (χ4n) is 2.42. The van der Waals surface area contributed by atoms with Crippen LogP contribution in [0.5, 0.6) is 6.08 Å². The zero-order chi connectivity index (χ0) is 18.0. The van der Waals surface area contributed by atoms with Gasteiger partial charge in [-0.1, -0.05) is 28.9 Å². The third kappa shape index (κ3) is 3.58. The highest BCUT2D eigenvalue weighted by molar-refractivity contribution is 6.33. The standard InChI is InChI=1S/C16H17ClN4O4/c1-16(2)13(22)21(14(23)19-16)8-5-9-24-15-18-12(20-25-15)10-6-3-4-7-11(10)17/h3-4,6-7H,5,8-9H2,1-2H3,(H,19,23). The molecule has 1 fully saturated rings. The lowest BCUT2D eigenvalue weighted by Gasteiger charge is -2.15. The maximum Gasteiger partial charge on any atom is 0.417 e. The summed E-state index contributed by atoms with van der Waals surface area (Å²) >= 11 is 6.08. The summed E-state index contributed by atoms with van der Waals surface area (Å²) in [5.41, 5.74) is -0.224. The third-order valence-electron chi connectivity index (χ3n) is 3.72. The number of nitrogens with zero attached hydrogens (tertiary/aromatic N) is 3. The summed E-state index contributed by atoms with van der Waals surface area (Å²) in [5, 5.41) is 6.95. The zero-order valence-electron chi connectivity index (χ0n) is 13.8. The number of urea groups is 1. The molecule has 8 nitrogen and oxygen atoms in total. The zero-order valence-corrected chi connectivity index (χ0v) is 14.5. The Labute approximate surface area is 149 Å². The first-order valence-corrected chi connectivity index (χ1v) is 8.12. The van der Waals surface area contributed by atoms with Crippen molar-refractivity contribution >= 4 is 23.5 Å². The van der Waals surface area contributed by atoms with Crippen molar-refractivity contribution < 1.29 is 18.8 Å². The molecule has 0 unspecified atom stereocenters. The van der Waals surface area contributed by atoms with E-state index in [0.717, 1.165) is 0 Å². The molecule has 2 aromatic rings. The van der Waals surface area contributed by atoms with Crippen LogP contribution in [0.2, 0.25) is 5.02 Å². The summed E-state index contributed by atoms with van der Waals surface area (Å²) in [5.74, 6) is 0.0766. The van der Waals surface area contributed by atoms with Crippen molar-refractivity contribution in [2.75, 3.05) is 13.2 Å². The predicted molar refractivity (Wildman–Crippen MR) is 89.2 cm³/mol. The van der Waals surface area contributed by atoms with Crippen LogP contribution in [0.25, 0.3) is 11.4 Å². The summed E-state index contributed by atoms with van der Waals surface area (Å²) in [6.45, 7) is 3.80. The third-order valence-corrected chi connectivity index (χ3v) is 4.05. The molecule has 1 N–H and O–H groups in total. The van der Waals surface area contributed by atoms with E-state index in [1.807, 2.05) is 6.07 Å². The number of rotatable bonds is 6. The van der Waals surface area contributed by atoms with Crippen LogP contribution in [-0.2, 0) is 4.79 Å². The number of hydrogen-bond donors (Lipinski definition) is 1. The van der Waals surface area contributed by atoms with E-state index < -0.39 is 11.6 Å². The SMILES string of the molecule is CC1(C)NC(=O)N(CCCOc2nc(-c3ccccc3Cl)no2)C1=O. The molecule has 0 aliphatic carbocycles. The van der Waals surface area contributed by atoms with Crippen molar-refractivity contribution in [2.45, 2.75) is 25.8 Å². The van der Waals surface area contributed by atoms with Crippen molar-refractivity contribution in [3.8, 4) is 17.5 Å². The van der Waals surface area contributed by atoms with Gasteiger partial charge in [0.25, 0.3) is 5.91 Å². The lowest BCUT2D eigenvalue weighted by molar-refractivity contribution is -0.130. The summed E-state index contributed by atoms with van der Waals surface area (Å²) in [6, 6.07) is 6.73. The number of benzene rings is 1. The highest BCUT2D eigenvalue weighted by atomic mass is 35.5.